The number of hydrogen-bond donors (Lipinski definition) is 4. The summed E-state index contributed by atoms with van der Waals surface area (Å²) in [5.41, 5.74) is 5.34. The average Bonchev–Trinajstić information content (AvgIpc) is 3.04. The van der Waals surface area contributed by atoms with E-state index in [1.54, 1.807) is 6.08 Å². The number of aliphatic hydroxyl groups excluding tert-OH is 1. The maximum Gasteiger partial charge on any atom is 0.472 e. The SMILES string of the molecule is CCCCCCCCCC/C=C/CC/C=C/CC/C=C/C(O)C(COP(=O)(O)OCCN)NC(=O)CCCCCCCCCCC. The third kappa shape index (κ3) is 31.3. The van der Waals surface area contributed by atoms with Crippen molar-refractivity contribution in [3.63, 3.8) is 0 Å². The van der Waals surface area contributed by atoms with Crippen molar-refractivity contribution in [2.24, 2.45) is 5.73 Å². The normalized spacial score (nSPS) is 14.8. The number of amides is 1. The first kappa shape index (κ1) is 44.7. The molecule has 46 heavy (non-hydrogen) atoms. The van der Waals surface area contributed by atoms with Gasteiger partial charge in [0.25, 0.3) is 0 Å². The summed E-state index contributed by atoms with van der Waals surface area (Å²) in [7, 11) is -4.34. The molecule has 270 valence electrons. The summed E-state index contributed by atoms with van der Waals surface area (Å²) in [6.45, 7) is 4.06. The topological polar surface area (TPSA) is 131 Å². The number of phosphoric ester groups is 1. The van der Waals surface area contributed by atoms with Crippen molar-refractivity contribution < 1.29 is 28.4 Å². The van der Waals surface area contributed by atoms with Crippen molar-refractivity contribution in [2.45, 2.75) is 174 Å². The van der Waals surface area contributed by atoms with Crippen LogP contribution in [0.1, 0.15) is 162 Å². The molecule has 0 rings (SSSR count). The number of carbonyl (C=O) groups is 1. The van der Waals surface area contributed by atoms with Crippen molar-refractivity contribution in [1.29, 1.82) is 0 Å². The molecule has 5 N–H and O–H groups in total. The fraction of sp³-hybridized carbons (Fsp3) is 0.811. The van der Waals surface area contributed by atoms with E-state index in [0.29, 0.717) is 6.42 Å². The quantitative estimate of drug-likeness (QED) is 0.0305. The van der Waals surface area contributed by atoms with Crippen LogP contribution in [0.3, 0.4) is 0 Å². The van der Waals surface area contributed by atoms with Crippen molar-refractivity contribution in [3.05, 3.63) is 36.5 Å². The summed E-state index contributed by atoms with van der Waals surface area (Å²) in [6, 6.07) is -0.877. The molecule has 0 aromatic rings. The molecule has 0 radical (unpaired) electrons. The second-order valence-electron chi connectivity index (χ2n) is 12.4. The third-order valence-electron chi connectivity index (χ3n) is 7.95. The molecule has 0 aliphatic carbocycles. The summed E-state index contributed by atoms with van der Waals surface area (Å²) in [5, 5.41) is 13.5. The highest BCUT2D eigenvalue weighted by molar-refractivity contribution is 7.47. The minimum atomic E-state index is -4.34. The first-order chi connectivity index (χ1) is 22.4. The number of unbranched alkanes of at least 4 members (excludes halogenated alkanes) is 18. The summed E-state index contributed by atoms with van der Waals surface area (Å²) >= 11 is 0. The van der Waals surface area contributed by atoms with E-state index >= 15 is 0 Å². The van der Waals surface area contributed by atoms with Crippen LogP contribution in [0, 0.1) is 0 Å². The van der Waals surface area contributed by atoms with Crippen LogP contribution >= 0.6 is 7.82 Å². The zero-order valence-electron chi connectivity index (χ0n) is 29.6. The molecule has 0 saturated heterocycles. The lowest BCUT2D eigenvalue weighted by Crippen LogP contribution is -2.45. The Morgan fingerprint density at radius 1 is 0.696 bits per heavy atom. The number of nitrogens with one attached hydrogen (secondary N) is 1. The Bertz CT molecular complexity index is 820. The molecule has 0 fully saturated rings. The third-order valence-corrected chi connectivity index (χ3v) is 8.93. The number of hydrogen-bond acceptors (Lipinski definition) is 6. The Hall–Kier alpha value is -1.28. The molecule has 0 aromatic carbocycles. The number of rotatable bonds is 34. The van der Waals surface area contributed by atoms with Crippen LogP contribution in [-0.4, -0.2) is 47.8 Å². The summed E-state index contributed by atoms with van der Waals surface area (Å²) in [5.74, 6) is -0.213. The molecule has 0 spiro atoms. The maximum atomic E-state index is 12.6. The molecule has 1 amide bonds. The number of aliphatic hydroxyl groups is 1. The van der Waals surface area contributed by atoms with Gasteiger partial charge in [-0.1, -0.05) is 147 Å². The van der Waals surface area contributed by atoms with E-state index in [0.717, 1.165) is 44.9 Å². The highest BCUT2D eigenvalue weighted by Crippen LogP contribution is 2.43. The Labute approximate surface area is 282 Å². The van der Waals surface area contributed by atoms with Gasteiger partial charge in [-0.05, 0) is 44.9 Å². The first-order valence-corrected chi connectivity index (χ1v) is 20.1. The highest BCUT2D eigenvalue weighted by Gasteiger charge is 2.26. The summed E-state index contributed by atoms with van der Waals surface area (Å²) in [4.78, 5) is 22.5. The van der Waals surface area contributed by atoms with Gasteiger partial charge in [-0.3, -0.25) is 13.8 Å². The van der Waals surface area contributed by atoms with Crippen LogP contribution in [0.25, 0.3) is 0 Å². The molecule has 0 aliphatic rings. The summed E-state index contributed by atoms with van der Waals surface area (Å²) in [6.07, 6.45) is 37.7. The van der Waals surface area contributed by atoms with Crippen LogP contribution in [-0.2, 0) is 18.4 Å². The lowest BCUT2D eigenvalue weighted by atomic mass is 10.1. The van der Waals surface area contributed by atoms with Gasteiger partial charge >= 0.3 is 7.82 Å². The Morgan fingerprint density at radius 3 is 1.67 bits per heavy atom. The van der Waals surface area contributed by atoms with E-state index < -0.39 is 20.0 Å². The number of allylic oxidation sites excluding steroid dienone is 5. The molecule has 9 heteroatoms. The van der Waals surface area contributed by atoms with E-state index in [1.165, 1.54) is 96.3 Å². The Kier molecular flexibility index (Phi) is 32.7. The second-order valence-corrected chi connectivity index (χ2v) is 13.9. The van der Waals surface area contributed by atoms with Crippen molar-refractivity contribution in [1.82, 2.24) is 5.32 Å². The van der Waals surface area contributed by atoms with Crippen LogP contribution < -0.4 is 11.1 Å². The lowest BCUT2D eigenvalue weighted by Gasteiger charge is -2.23. The van der Waals surface area contributed by atoms with Gasteiger partial charge in [-0.25, -0.2) is 4.57 Å². The summed E-state index contributed by atoms with van der Waals surface area (Å²) < 4.78 is 22.0. The number of carbonyl (C=O) groups excluding carboxylic acids is 1. The molecule has 0 saturated carbocycles. The van der Waals surface area contributed by atoms with Crippen LogP contribution in [0.4, 0.5) is 0 Å². The fourth-order valence-corrected chi connectivity index (χ4v) is 5.86. The van der Waals surface area contributed by atoms with E-state index in [2.05, 4.69) is 43.5 Å². The molecule has 0 bridgehead atoms. The molecule has 0 aliphatic heterocycles. The van der Waals surface area contributed by atoms with E-state index in [-0.39, 0.29) is 25.7 Å². The molecule has 3 atom stereocenters. The predicted molar refractivity (Wildman–Crippen MR) is 194 cm³/mol. The Balaban J connectivity index is 4.38. The predicted octanol–water partition coefficient (Wildman–Crippen LogP) is 9.61. The average molecular weight is 671 g/mol. The van der Waals surface area contributed by atoms with E-state index in [9.17, 15) is 19.4 Å². The Morgan fingerprint density at radius 2 is 1.15 bits per heavy atom. The fourth-order valence-electron chi connectivity index (χ4n) is 5.10. The van der Waals surface area contributed by atoms with E-state index in [4.69, 9.17) is 14.8 Å². The van der Waals surface area contributed by atoms with Gasteiger partial charge in [0.05, 0.1) is 25.4 Å². The zero-order chi connectivity index (χ0) is 34.0. The standard InChI is InChI=1S/C37H71N2O6P/c1-3-5-7-9-11-13-14-15-16-17-18-19-20-21-23-24-26-28-30-36(40)35(34-45-46(42,43)44-33-32-38)39-37(41)31-29-27-25-22-12-10-8-6-4-2/h17-18,21,23,28,30,35-36,40H,3-16,19-20,22,24-27,29,31-34,38H2,1-2H3,(H,39,41)(H,42,43)/b18-17+,23-21+,30-28+. The second kappa shape index (κ2) is 33.6. The van der Waals surface area contributed by atoms with Gasteiger partial charge in [0, 0.05) is 13.0 Å². The first-order valence-electron chi connectivity index (χ1n) is 18.6. The van der Waals surface area contributed by atoms with Crippen molar-refractivity contribution in [2.75, 3.05) is 19.8 Å². The number of phosphoric acid groups is 1. The minimum absolute atomic E-state index is 0.0721. The molecule has 0 heterocycles. The highest BCUT2D eigenvalue weighted by atomic mass is 31.2. The zero-order valence-corrected chi connectivity index (χ0v) is 30.4. The minimum Gasteiger partial charge on any atom is -0.387 e. The molecule has 0 aromatic heterocycles. The van der Waals surface area contributed by atoms with Crippen LogP contribution in [0.5, 0.6) is 0 Å². The van der Waals surface area contributed by atoms with Crippen molar-refractivity contribution >= 4 is 13.7 Å². The van der Waals surface area contributed by atoms with Gasteiger partial charge < -0.3 is 21.1 Å². The van der Waals surface area contributed by atoms with Gasteiger partial charge in [0.2, 0.25) is 5.91 Å². The van der Waals surface area contributed by atoms with Gasteiger partial charge in [-0.2, -0.15) is 0 Å². The largest absolute Gasteiger partial charge is 0.472 e. The van der Waals surface area contributed by atoms with Gasteiger partial charge in [0.1, 0.15) is 0 Å². The number of nitrogens with two attached hydrogens (primary N) is 1. The maximum absolute atomic E-state index is 12.6. The molecule has 8 nitrogen and oxygen atoms in total. The molecular weight excluding hydrogens is 599 g/mol. The van der Waals surface area contributed by atoms with Crippen molar-refractivity contribution in [3.8, 4) is 0 Å². The van der Waals surface area contributed by atoms with Gasteiger partial charge in [0.15, 0.2) is 0 Å². The van der Waals surface area contributed by atoms with E-state index in [1.807, 2.05) is 6.08 Å². The lowest BCUT2D eigenvalue weighted by molar-refractivity contribution is -0.123. The molecule has 3 unspecified atom stereocenters. The molecular formula is C37H71N2O6P. The monoisotopic (exact) mass is 671 g/mol. The smallest absolute Gasteiger partial charge is 0.387 e. The van der Waals surface area contributed by atoms with Crippen LogP contribution in [0.15, 0.2) is 36.5 Å². The van der Waals surface area contributed by atoms with Gasteiger partial charge in [-0.15, -0.1) is 0 Å². The van der Waals surface area contributed by atoms with Crippen LogP contribution in [0.2, 0.25) is 0 Å².